The van der Waals surface area contributed by atoms with E-state index < -0.39 is 5.91 Å². The molecule has 5 nitrogen and oxygen atoms in total. The first-order chi connectivity index (χ1) is 14.8. The number of carbonyl (C=O) groups is 1. The number of anilines is 1. The number of aryl methyl sites for hydroxylation is 2. The number of benzene rings is 2. The molecule has 0 unspecified atom stereocenters. The van der Waals surface area contributed by atoms with Gasteiger partial charge in [0.2, 0.25) is 0 Å². The molecular weight excluding hydrogens is 410 g/mol. The Morgan fingerprint density at radius 3 is 2.52 bits per heavy atom. The van der Waals surface area contributed by atoms with Crippen molar-refractivity contribution in [2.45, 2.75) is 27.7 Å². The second-order valence-corrected chi connectivity index (χ2v) is 7.61. The summed E-state index contributed by atoms with van der Waals surface area (Å²) in [6, 6.07) is 17.0. The van der Waals surface area contributed by atoms with Crippen LogP contribution in [-0.4, -0.2) is 17.1 Å². The summed E-state index contributed by atoms with van der Waals surface area (Å²) in [7, 11) is 0. The molecule has 0 radical (unpaired) electrons. The molecule has 0 atom stereocenters. The molecule has 0 fully saturated rings. The molecule has 0 aliphatic rings. The Morgan fingerprint density at radius 2 is 1.87 bits per heavy atom. The first-order valence-corrected chi connectivity index (χ1v) is 10.3. The molecule has 0 aliphatic heterocycles. The molecule has 1 amide bonds. The maximum absolute atomic E-state index is 12.7. The van der Waals surface area contributed by atoms with Crippen LogP contribution in [0.1, 0.15) is 29.4 Å². The standard InChI is InChI=1S/C25H24ClN3O2/c1-5-31-23-10-8-22(9-11-23)29-17(3)12-19(18(29)4)13-20(15-27)25(30)28-24-14-21(26)7-6-16(24)2/h6-14H,5H2,1-4H3,(H,28,30)/b20-13+. The number of nitrogens with one attached hydrogen (secondary N) is 1. The minimum atomic E-state index is -0.473. The molecule has 31 heavy (non-hydrogen) atoms. The average molecular weight is 434 g/mol. The first kappa shape index (κ1) is 22.2. The van der Waals surface area contributed by atoms with Gasteiger partial charge in [0.1, 0.15) is 17.4 Å². The Bertz CT molecular complexity index is 1180. The Kier molecular flexibility index (Phi) is 6.84. The van der Waals surface area contributed by atoms with Gasteiger partial charge in [0.25, 0.3) is 5.91 Å². The lowest BCUT2D eigenvalue weighted by Crippen LogP contribution is -2.14. The van der Waals surface area contributed by atoms with E-state index in [1.54, 1.807) is 18.2 Å². The van der Waals surface area contributed by atoms with Crippen LogP contribution < -0.4 is 10.1 Å². The monoisotopic (exact) mass is 433 g/mol. The molecule has 0 aliphatic carbocycles. The second-order valence-electron chi connectivity index (χ2n) is 7.17. The number of carbonyl (C=O) groups excluding carboxylic acids is 1. The Morgan fingerprint density at radius 1 is 1.16 bits per heavy atom. The minimum absolute atomic E-state index is 0.0197. The van der Waals surface area contributed by atoms with Crippen LogP contribution in [-0.2, 0) is 4.79 Å². The summed E-state index contributed by atoms with van der Waals surface area (Å²) in [5.74, 6) is 0.340. The van der Waals surface area contributed by atoms with Crippen molar-refractivity contribution in [1.82, 2.24) is 4.57 Å². The fourth-order valence-electron chi connectivity index (χ4n) is 3.41. The molecule has 1 aromatic heterocycles. The molecule has 0 saturated carbocycles. The minimum Gasteiger partial charge on any atom is -0.494 e. The van der Waals surface area contributed by atoms with Gasteiger partial charge >= 0.3 is 0 Å². The Hall–Kier alpha value is -3.49. The van der Waals surface area contributed by atoms with E-state index in [0.717, 1.165) is 34.0 Å². The summed E-state index contributed by atoms with van der Waals surface area (Å²) in [5.41, 5.74) is 5.18. The number of rotatable bonds is 6. The van der Waals surface area contributed by atoms with E-state index in [1.807, 2.05) is 70.2 Å². The van der Waals surface area contributed by atoms with Gasteiger partial charge in [-0.05, 0) is 87.4 Å². The Labute approximate surface area is 187 Å². The fourth-order valence-corrected chi connectivity index (χ4v) is 3.58. The number of halogens is 1. The zero-order chi connectivity index (χ0) is 22.5. The predicted octanol–water partition coefficient (Wildman–Crippen LogP) is 6.00. The zero-order valence-corrected chi connectivity index (χ0v) is 18.7. The van der Waals surface area contributed by atoms with Crippen molar-refractivity contribution in [3.8, 4) is 17.5 Å². The molecule has 0 saturated heterocycles. The third-order valence-electron chi connectivity index (χ3n) is 4.99. The maximum atomic E-state index is 12.7. The molecule has 2 aromatic carbocycles. The molecule has 3 aromatic rings. The molecule has 6 heteroatoms. The zero-order valence-electron chi connectivity index (χ0n) is 18.0. The van der Waals surface area contributed by atoms with Gasteiger partial charge in [-0.1, -0.05) is 17.7 Å². The highest BCUT2D eigenvalue weighted by molar-refractivity contribution is 6.31. The lowest BCUT2D eigenvalue weighted by atomic mass is 10.1. The van der Waals surface area contributed by atoms with E-state index in [-0.39, 0.29) is 5.57 Å². The number of nitrogens with zero attached hydrogens (tertiary/aromatic N) is 2. The summed E-state index contributed by atoms with van der Waals surface area (Å²) >= 11 is 6.03. The van der Waals surface area contributed by atoms with Gasteiger partial charge < -0.3 is 14.6 Å². The van der Waals surface area contributed by atoms with Gasteiger partial charge in [-0.15, -0.1) is 0 Å². The first-order valence-electron chi connectivity index (χ1n) is 9.95. The highest BCUT2D eigenvalue weighted by atomic mass is 35.5. The van der Waals surface area contributed by atoms with Gasteiger partial charge in [-0.3, -0.25) is 4.79 Å². The predicted molar refractivity (Wildman–Crippen MR) is 125 cm³/mol. The topological polar surface area (TPSA) is 67.0 Å². The number of amides is 1. The summed E-state index contributed by atoms with van der Waals surface area (Å²) in [6.07, 6.45) is 1.61. The quantitative estimate of drug-likeness (QED) is 0.383. The number of hydrogen-bond acceptors (Lipinski definition) is 3. The van der Waals surface area contributed by atoms with Crippen molar-refractivity contribution in [2.24, 2.45) is 0 Å². The lowest BCUT2D eigenvalue weighted by Gasteiger charge is -2.11. The largest absolute Gasteiger partial charge is 0.494 e. The highest BCUT2D eigenvalue weighted by Crippen LogP contribution is 2.25. The average Bonchev–Trinajstić information content (AvgIpc) is 3.02. The molecule has 0 bridgehead atoms. The van der Waals surface area contributed by atoms with E-state index in [2.05, 4.69) is 9.88 Å². The van der Waals surface area contributed by atoms with Crippen molar-refractivity contribution in [3.63, 3.8) is 0 Å². The molecular formula is C25H24ClN3O2. The van der Waals surface area contributed by atoms with Gasteiger partial charge in [0.15, 0.2) is 0 Å². The Balaban J connectivity index is 1.91. The van der Waals surface area contributed by atoms with E-state index in [4.69, 9.17) is 16.3 Å². The summed E-state index contributed by atoms with van der Waals surface area (Å²) < 4.78 is 7.59. The van der Waals surface area contributed by atoms with Gasteiger partial charge in [0.05, 0.1) is 6.61 Å². The van der Waals surface area contributed by atoms with Crippen LogP contribution in [0.5, 0.6) is 5.75 Å². The summed E-state index contributed by atoms with van der Waals surface area (Å²) in [5, 5.41) is 12.9. The molecule has 1 heterocycles. The number of ether oxygens (including phenoxy) is 1. The molecule has 0 spiro atoms. The number of hydrogen-bond donors (Lipinski definition) is 1. The maximum Gasteiger partial charge on any atom is 0.266 e. The summed E-state index contributed by atoms with van der Waals surface area (Å²) in [6.45, 7) is 8.38. The van der Waals surface area contributed by atoms with Crippen molar-refractivity contribution < 1.29 is 9.53 Å². The molecule has 158 valence electrons. The summed E-state index contributed by atoms with van der Waals surface area (Å²) in [4.78, 5) is 12.7. The third-order valence-corrected chi connectivity index (χ3v) is 5.22. The smallest absolute Gasteiger partial charge is 0.266 e. The van der Waals surface area contributed by atoms with Crippen molar-refractivity contribution in [2.75, 3.05) is 11.9 Å². The van der Waals surface area contributed by atoms with E-state index >= 15 is 0 Å². The van der Waals surface area contributed by atoms with Crippen molar-refractivity contribution >= 4 is 29.3 Å². The van der Waals surface area contributed by atoms with Crippen LogP contribution in [0.2, 0.25) is 5.02 Å². The number of nitriles is 1. The van der Waals surface area contributed by atoms with Crippen LogP contribution in [0.3, 0.4) is 0 Å². The third kappa shape index (κ3) is 4.99. The van der Waals surface area contributed by atoms with E-state index in [1.165, 1.54) is 0 Å². The number of aromatic nitrogens is 1. The van der Waals surface area contributed by atoms with E-state index in [9.17, 15) is 10.1 Å². The van der Waals surface area contributed by atoms with Crippen molar-refractivity contribution in [1.29, 1.82) is 5.26 Å². The lowest BCUT2D eigenvalue weighted by molar-refractivity contribution is -0.112. The van der Waals surface area contributed by atoms with Gasteiger partial charge in [-0.25, -0.2) is 0 Å². The SMILES string of the molecule is CCOc1ccc(-n2c(C)cc(/C=C(\C#N)C(=O)Nc3cc(Cl)ccc3C)c2C)cc1. The van der Waals surface area contributed by atoms with Crippen LogP contribution in [0.4, 0.5) is 5.69 Å². The van der Waals surface area contributed by atoms with Gasteiger partial charge in [-0.2, -0.15) is 5.26 Å². The second kappa shape index (κ2) is 9.55. The van der Waals surface area contributed by atoms with Crippen LogP contribution in [0.25, 0.3) is 11.8 Å². The van der Waals surface area contributed by atoms with Crippen LogP contribution in [0.15, 0.2) is 54.1 Å². The normalized spacial score (nSPS) is 11.2. The van der Waals surface area contributed by atoms with Crippen LogP contribution in [0, 0.1) is 32.1 Å². The fraction of sp³-hybridized carbons (Fsp3) is 0.200. The van der Waals surface area contributed by atoms with Crippen LogP contribution >= 0.6 is 11.6 Å². The van der Waals surface area contributed by atoms with Gasteiger partial charge in [0, 0.05) is 27.8 Å². The van der Waals surface area contributed by atoms with E-state index in [0.29, 0.717) is 17.3 Å². The molecule has 1 N–H and O–H groups in total. The molecule has 3 rings (SSSR count). The van der Waals surface area contributed by atoms with Crippen molar-refractivity contribution in [3.05, 3.63) is 81.6 Å². The highest BCUT2D eigenvalue weighted by Gasteiger charge is 2.15.